The molecule has 2 aromatic heterocycles. The lowest BCUT2D eigenvalue weighted by Gasteiger charge is -2.04. The van der Waals surface area contributed by atoms with Crippen molar-refractivity contribution in [3.8, 4) is 22.6 Å². The molecule has 1 unspecified atom stereocenters. The molecule has 22 heavy (non-hydrogen) atoms. The molecule has 2 heterocycles. The smallest absolute Gasteiger partial charge is 0.149 e. The molecule has 0 aliphatic heterocycles. The monoisotopic (exact) mass is 315 g/mol. The van der Waals surface area contributed by atoms with Gasteiger partial charge in [0.25, 0.3) is 0 Å². The van der Waals surface area contributed by atoms with Crippen LogP contribution in [0.2, 0.25) is 0 Å². The van der Waals surface area contributed by atoms with Gasteiger partial charge in [-0.05, 0) is 36.4 Å². The van der Waals surface area contributed by atoms with Gasteiger partial charge in [-0.1, -0.05) is 11.2 Å². The van der Waals surface area contributed by atoms with Crippen molar-refractivity contribution < 1.29 is 8.94 Å². The van der Waals surface area contributed by atoms with E-state index in [1.165, 1.54) is 12.1 Å². The number of imidazole rings is 1. The van der Waals surface area contributed by atoms with E-state index in [4.69, 9.17) is 0 Å². The van der Waals surface area contributed by atoms with Gasteiger partial charge in [0.15, 0.2) is 0 Å². The first kappa shape index (κ1) is 14.7. The molecule has 6 heteroatoms. The molecule has 0 aliphatic carbocycles. The van der Waals surface area contributed by atoms with Crippen LogP contribution in [-0.2, 0) is 16.9 Å². The van der Waals surface area contributed by atoms with E-state index < -0.39 is 11.2 Å². The maximum absolute atomic E-state index is 13.0. The van der Waals surface area contributed by atoms with Gasteiger partial charge >= 0.3 is 0 Å². The third-order valence-electron chi connectivity index (χ3n) is 3.19. The second-order valence-corrected chi connectivity index (χ2v) is 6.31. The summed E-state index contributed by atoms with van der Waals surface area (Å²) in [4.78, 5) is 11.9. The van der Waals surface area contributed by atoms with Crippen LogP contribution in [0.4, 0.5) is 4.39 Å². The van der Waals surface area contributed by atoms with Crippen molar-refractivity contribution in [1.82, 2.24) is 15.0 Å². The Morgan fingerprint density at radius 1 is 1.18 bits per heavy atom. The number of nitrogens with zero attached hydrogens (tertiary/aromatic N) is 2. The molecule has 0 saturated carbocycles. The van der Waals surface area contributed by atoms with Crippen LogP contribution >= 0.6 is 0 Å². The van der Waals surface area contributed by atoms with Gasteiger partial charge in [-0.15, -0.1) is 0 Å². The molecule has 0 saturated heterocycles. The molecule has 4 nitrogen and oxygen atoms in total. The average Bonchev–Trinajstić information content (AvgIpc) is 2.92. The summed E-state index contributed by atoms with van der Waals surface area (Å²) >= 11 is -1.01. The van der Waals surface area contributed by atoms with E-state index in [1.54, 1.807) is 30.8 Å². The van der Waals surface area contributed by atoms with Crippen LogP contribution in [0.1, 0.15) is 5.69 Å². The molecule has 3 aromatic rings. The molecule has 0 bridgehead atoms. The van der Waals surface area contributed by atoms with E-state index in [1.807, 2.05) is 12.1 Å². The van der Waals surface area contributed by atoms with Crippen molar-refractivity contribution in [3.05, 3.63) is 60.3 Å². The van der Waals surface area contributed by atoms with Crippen LogP contribution in [0.15, 0.2) is 48.8 Å². The van der Waals surface area contributed by atoms with Crippen molar-refractivity contribution in [2.75, 3.05) is 6.26 Å². The zero-order chi connectivity index (χ0) is 15.5. The average molecular weight is 315 g/mol. The predicted molar refractivity (Wildman–Crippen MR) is 85.0 cm³/mol. The summed E-state index contributed by atoms with van der Waals surface area (Å²) in [6.45, 7) is 0. The van der Waals surface area contributed by atoms with Crippen molar-refractivity contribution >= 4 is 11.2 Å². The standard InChI is InChI=1S/C16H14FN3OS/c1-22(21)10-14-15(12-3-2-8-18-9-12)20-16(19-14)11-4-6-13(17)7-5-11/h2-9H,10H2,1H3,(H,19,20). The van der Waals surface area contributed by atoms with Crippen LogP contribution in [0.25, 0.3) is 22.6 Å². The van der Waals surface area contributed by atoms with Crippen LogP contribution in [0, 0.1) is 5.82 Å². The van der Waals surface area contributed by atoms with Crippen molar-refractivity contribution in [3.63, 3.8) is 0 Å². The zero-order valence-electron chi connectivity index (χ0n) is 11.9. The summed E-state index contributed by atoms with van der Waals surface area (Å²) in [5.74, 6) is 0.680. The molecular formula is C16H14FN3OS. The molecular weight excluding hydrogens is 301 g/mol. The van der Waals surface area contributed by atoms with Gasteiger partial charge in [-0.2, -0.15) is 0 Å². The normalized spacial score (nSPS) is 12.3. The Morgan fingerprint density at radius 2 is 1.95 bits per heavy atom. The quantitative estimate of drug-likeness (QED) is 0.752. The Hall–Kier alpha value is -2.18. The van der Waals surface area contributed by atoms with Gasteiger partial charge in [0.2, 0.25) is 0 Å². The molecule has 3 rings (SSSR count). The van der Waals surface area contributed by atoms with Gasteiger partial charge in [0.1, 0.15) is 23.1 Å². The molecule has 1 N–H and O–H groups in total. The van der Waals surface area contributed by atoms with Crippen LogP contribution in [-0.4, -0.2) is 25.8 Å². The highest BCUT2D eigenvalue weighted by molar-refractivity contribution is 7.89. The molecule has 0 amide bonds. The predicted octanol–water partition coefficient (Wildman–Crippen LogP) is 3.16. The maximum Gasteiger partial charge on any atom is 0.149 e. The SMILES string of the molecule is C[S+]([O-])Cc1nc(-c2ccc(F)cc2)[nH]c1-c1cccnc1. The summed E-state index contributed by atoms with van der Waals surface area (Å²) in [5.41, 5.74) is 3.17. The largest absolute Gasteiger partial charge is 0.616 e. The minimum absolute atomic E-state index is 0.294. The topological polar surface area (TPSA) is 64.6 Å². The fraction of sp³-hybridized carbons (Fsp3) is 0.125. The molecule has 0 spiro atoms. The number of aromatic amines is 1. The van der Waals surface area contributed by atoms with Crippen LogP contribution in [0.5, 0.6) is 0 Å². The summed E-state index contributed by atoms with van der Waals surface area (Å²) in [5, 5.41) is 0. The summed E-state index contributed by atoms with van der Waals surface area (Å²) < 4.78 is 24.6. The third kappa shape index (κ3) is 3.18. The first-order valence-electron chi connectivity index (χ1n) is 6.69. The number of halogens is 1. The van der Waals surface area contributed by atoms with Crippen LogP contribution in [0.3, 0.4) is 0 Å². The van der Waals surface area contributed by atoms with Gasteiger partial charge in [-0.25, -0.2) is 9.37 Å². The van der Waals surface area contributed by atoms with E-state index in [0.717, 1.165) is 16.8 Å². The van der Waals surface area contributed by atoms with E-state index in [2.05, 4.69) is 15.0 Å². The van der Waals surface area contributed by atoms with Gasteiger partial charge in [0.05, 0.1) is 11.9 Å². The number of hydrogen-bond donors (Lipinski definition) is 1. The summed E-state index contributed by atoms with van der Waals surface area (Å²) in [6, 6.07) is 9.84. The molecule has 1 aromatic carbocycles. The van der Waals surface area contributed by atoms with E-state index in [9.17, 15) is 8.94 Å². The highest BCUT2D eigenvalue weighted by Gasteiger charge is 2.16. The second kappa shape index (κ2) is 6.29. The number of benzene rings is 1. The second-order valence-electron chi connectivity index (χ2n) is 4.87. The Balaban J connectivity index is 2.06. The summed E-state index contributed by atoms with van der Waals surface area (Å²) in [7, 11) is 0. The lowest BCUT2D eigenvalue weighted by molar-refractivity contribution is 0.599. The number of rotatable bonds is 4. The lowest BCUT2D eigenvalue weighted by atomic mass is 10.2. The van der Waals surface area contributed by atoms with E-state index in [0.29, 0.717) is 17.3 Å². The Labute approximate surface area is 130 Å². The van der Waals surface area contributed by atoms with E-state index >= 15 is 0 Å². The Kier molecular flexibility index (Phi) is 4.22. The van der Waals surface area contributed by atoms with Gasteiger partial charge in [-0.3, -0.25) is 4.98 Å². The van der Waals surface area contributed by atoms with E-state index in [-0.39, 0.29) is 5.82 Å². The fourth-order valence-electron chi connectivity index (χ4n) is 2.20. The van der Waals surface area contributed by atoms with Gasteiger partial charge < -0.3 is 9.54 Å². The first-order valence-corrected chi connectivity index (χ1v) is 8.41. The molecule has 0 fully saturated rings. The first-order chi connectivity index (χ1) is 10.6. The number of hydrogen-bond acceptors (Lipinski definition) is 3. The summed E-state index contributed by atoms with van der Waals surface area (Å²) in [6.07, 6.45) is 5.06. The minimum atomic E-state index is -1.01. The van der Waals surface area contributed by atoms with Crippen molar-refractivity contribution in [1.29, 1.82) is 0 Å². The number of H-pyrrole nitrogens is 1. The highest BCUT2D eigenvalue weighted by Crippen LogP contribution is 2.26. The van der Waals surface area contributed by atoms with Crippen molar-refractivity contribution in [2.45, 2.75) is 5.75 Å². The number of aromatic nitrogens is 3. The maximum atomic E-state index is 13.0. The Morgan fingerprint density at radius 3 is 2.59 bits per heavy atom. The van der Waals surface area contributed by atoms with Crippen molar-refractivity contribution in [2.24, 2.45) is 0 Å². The highest BCUT2D eigenvalue weighted by atomic mass is 32.2. The van der Waals surface area contributed by atoms with Gasteiger partial charge in [0, 0.05) is 23.5 Å². The zero-order valence-corrected chi connectivity index (χ0v) is 12.7. The Bertz CT molecular complexity index is 757. The number of nitrogens with one attached hydrogen (secondary N) is 1. The lowest BCUT2D eigenvalue weighted by Crippen LogP contribution is -2.02. The third-order valence-corrected chi connectivity index (χ3v) is 3.87. The molecule has 112 valence electrons. The number of pyridine rings is 1. The fourth-order valence-corrected chi connectivity index (χ4v) is 2.79. The van der Waals surface area contributed by atoms with Crippen LogP contribution < -0.4 is 0 Å². The molecule has 1 atom stereocenters. The molecule has 0 aliphatic rings. The minimum Gasteiger partial charge on any atom is -0.616 e. The molecule has 0 radical (unpaired) electrons.